The van der Waals surface area contributed by atoms with E-state index in [2.05, 4.69) is 89.2 Å². The lowest BCUT2D eigenvalue weighted by Crippen LogP contribution is -2.34. The number of likely N-dealkylation sites (N-methyl/N-ethyl adjacent to an activating group) is 1. The van der Waals surface area contributed by atoms with Crippen LogP contribution in [0.4, 0.5) is 0 Å². The third-order valence-electron chi connectivity index (χ3n) is 5.24. The van der Waals surface area contributed by atoms with E-state index in [9.17, 15) is 5.11 Å². The highest BCUT2D eigenvalue weighted by atomic mass is 16.3. The van der Waals surface area contributed by atoms with Crippen LogP contribution in [0.25, 0.3) is 21.8 Å². The van der Waals surface area contributed by atoms with Gasteiger partial charge in [-0.15, -0.1) is 0 Å². The minimum Gasteiger partial charge on any atom is -0.390 e. The molecule has 0 aliphatic carbocycles. The second kappa shape index (κ2) is 7.95. The van der Waals surface area contributed by atoms with Gasteiger partial charge >= 0.3 is 0 Å². The topological polar surface area (TPSA) is 28.4 Å². The third-order valence-corrected chi connectivity index (χ3v) is 5.24. The van der Waals surface area contributed by atoms with E-state index >= 15 is 0 Å². The lowest BCUT2D eigenvalue weighted by molar-refractivity contribution is 0.0991. The van der Waals surface area contributed by atoms with Gasteiger partial charge in [-0.2, -0.15) is 0 Å². The Kier molecular flexibility index (Phi) is 5.23. The number of hydrogen-bond acceptors (Lipinski definition) is 2. The summed E-state index contributed by atoms with van der Waals surface area (Å²) in [4.78, 5) is 2.30. The monoisotopic (exact) mass is 358 g/mol. The predicted octanol–water partition coefficient (Wildman–Crippen LogP) is 4.68. The van der Waals surface area contributed by atoms with Crippen LogP contribution in [0.15, 0.2) is 78.9 Å². The highest BCUT2D eigenvalue weighted by Gasteiger charge is 2.15. The van der Waals surface area contributed by atoms with Crippen LogP contribution in [-0.2, 0) is 13.1 Å². The Hall–Kier alpha value is -2.62. The number of nitrogens with zero attached hydrogens (tertiary/aromatic N) is 2. The van der Waals surface area contributed by atoms with Crippen molar-refractivity contribution >= 4 is 21.8 Å². The summed E-state index contributed by atoms with van der Waals surface area (Å²) in [6.45, 7) is 5.18. The molecule has 3 nitrogen and oxygen atoms in total. The summed E-state index contributed by atoms with van der Waals surface area (Å²) in [5.74, 6) is 0. The van der Waals surface area contributed by atoms with E-state index in [1.807, 2.05) is 6.07 Å². The first kappa shape index (κ1) is 17.8. The molecule has 1 heterocycles. The molecule has 1 aromatic heterocycles. The zero-order chi connectivity index (χ0) is 18.6. The molecule has 0 bridgehead atoms. The fraction of sp³-hybridized carbons (Fsp3) is 0.250. The van der Waals surface area contributed by atoms with Crippen LogP contribution in [-0.4, -0.2) is 33.8 Å². The van der Waals surface area contributed by atoms with Crippen LogP contribution >= 0.6 is 0 Å². The van der Waals surface area contributed by atoms with Gasteiger partial charge in [0.2, 0.25) is 0 Å². The fourth-order valence-corrected chi connectivity index (χ4v) is 3.91. The molecule has 1 N–H and O–H groups in total. The quantitative estimate of drug-likeness (QED) is 0.520. The van der Waals surface area contributed by atoms with Gasteiger partial charge in [0.25, 0.3) is 0 Å². The van der Waals surface area contributed by atoms with Crippen molar-refractivity contribution in [3.05, 3.63) is 84.4 Å². The van der Waals surface area contributed by atoms with E-state index in [4.69, 9.17) is 0 Å². The predicted molar refractivity (Wildman–Crippen MR) is 113 cm³/mol. The molecular formula is C24H26N2O. The number of aliphatic hydroxyl groups is 1. The van der Waals surface area contributed by atoms with Crippen LogP contribution in [0.3, 0.4) is 0 Å². The van der Waals surface area contributed by atoms with Crippen molar-refractivity contribution in [3.63, 3.8) is 0 Å². The molecule has 27 heavy (non-hydrogen) atoms. The molecule has 0 fully saturated rings. The van der Waals surface area contributed by atoms with Gasteiger partial charge < -0.3 is 9.67 Å². The molecule has 0 saturated carbocycles. The smallest absolute Gasteiger partial charge is 0.0846 e. The first-order chi connectivity index (χ1) is 13.3. The van der Waals surface area contributed by atoms with Crippen molar-refractivity contribution in [1.29, 1.82) is 0 Å². The van der Waals surface area contributed by atoms with Crippen molar-refractivity contribution in [2.24, 2.45) is 0 Å². The van der Waals surface area contributed by atoms with Crippen LogP contribution in [0, 0.1) is 0 Å². The highest BCUT2D eigenvalue weighted by Crippen LogP contribution is 2.28. The van der Waals surface area contributed by atoms with Gasteiger partial charge in [0.05, 0.1) is 12.6 Å². The van der Waals surface area contributed by atoms with E-state index in [-0.39, 0.29) is 0 Å². The van der Waals surface area contributed by atoms with E-state index in [1.165, 1.54) is 27.4 Å². The molecule has 3 aromatic carbocycles. The molecule has 0 aliphatic rings. The molecule has 1 unspecified atom stereocenters. The molecule has 4 rings (SSSR count). The molecule has 138 valence electrons. The molecule has 0 saturated heterocycles. The number of para-hydroxylation sites is 2. The summed E-state index contributed by atoms with van der Waals surface area (Å²) in [6, 6.07) is 27.4. The molecule has 0 aliphatic heterocycles. The van der Waals surface area contributed by atoms with E-state index in [0.29, 0.717) is 13.1 Å². The van der Waals surface area contributed by atoms with Crippen molar-refractivity contribution in [3.8, 4) is 0 Å². The minimum atomic E-state index is -0.423. The Morgan fingerprint density at radius 2 is 1.37 bits per heavy atom. The molecule has 4 aromatic rings. The summed E-state index contributed by atoms with van der Waals surface area (Å²) in [6.07, 6.45) is -0.423. The first-order valence-electron chi connectivity index (χ1n) is 9.66. The van der Waals surface area contributed by atoms with Crippen molar-refractivity contribution < 1.29 is 5.11 Å². The second-order valence-electron chi connectivity index (χ2n) is 7.11. The Bertz CT molecular complexity index is 969. The number of hydrogen-bond donors (Lipinski definition) is 1. The van der Waals surface area contributed by atoms with Crippen LogP contribution in [0.1, 0.15) is 12.5 Å². The van der Waals surface area contributed by atoms with Crippen molar-refractivity contribution in [1.82, 2.24) is 9.47 Å². The molecule has 1 atom stereocenters. The maximum absolute atomic E-state index is 10.9. The SMILES string of the molecule is CCN(Cc1ccccc1)CC(O)Cn1c2ccccc2c2ccccc21. The Morgan fingerprint density at radius 3 is 1.96 bits per heavy atom. The number of benzene rings is 3. The van der Waals surface area contributed by atoms with Gasteiger partial charge in [0, 0.05) is 34.9 Å². The van der Waals surface area contributed by atoms with Crippen LogP contribution in [0.2, 0.25) is 0 Å². The van der Waals surface area contributed by atoms with Gasteiger partial charge in [-0.3, -0.25) is 4.90 Å². The molecule has 0 spiro atoms. The summed E-state index contributed by atoms with van der Waals surface area (Å²) in [5, 5.41) is 13.4. The molecule has 0 amide bonds. The molecular weight excluding hydrogens is 332 g/mol. The summed E-state index contributed by atoms with van der Waals surface area (Å²) in [5.41, 5.74) is 3.65. The first-order valence-corrected chi connectivity index (χ1v) is 9.66. The van der Waals surface area contributed by atoms with Gasteiger partial charge in [0.15, 0.2) is 0 Å². The summed E-state index contributed by atoms with van der Waals surface area (Å²) >= 11 is 0. The van der Waals surface area contributed by atoms with Gasteiger partial charge in [-0.05, 0) is 24.2 Å². The summed E-state index contributed by atoms with van der Waals surface area (Å²) < 4.78 is 2.26. The van der Waals surface area contributed by atoms with Crippen molar-refractivity contribution in [2.45, 2.75) is 26.1 Å². The standard InChI is InChI=1S/C24H26N2O/c1-2-25(16-19-10-4-3-5-11-19)17-20(27)18-26-23-14-8-6-12-21(23)22-13-7-9-15-24(22)26/h3-15,20,27H,2,16-18H2,1H3. The lowest BCUT2D eigenvalue weighted by Gasteiger charge is -2.24. The largest absolute Gasteiger partial charge is 0.390 e. The zero-order valence-corrected chi connectivity index (χ0v) is 15.8. The Labute approximate surface area is 160 Å². The summed E-state index contributed by atoms with van der Waals surface area (Å²) in [7, 11) is 0. The lowest BCUT2D eigenvalue weighted by atomic mass is 10.2. The molecule has 3 heteroatoms. The highest BCUT2D eigenvalue weighted by molar-refractivity contribution is 6.07. The maximum atomic E-state index is 10.9. The third kappa shape index (κ3) is 3.75. The van der Waals surface area contributed by atoms with Crippen LogP contribution in [0.5, 0.6) is 0 Å². The van der Waals surface area contributed by atoms with Gasteiger partial charge in [0.1, 0.15) is 0 Å². The minimum absolute atomic E-state index is 0.423. The molecule has 0 radical (unpaired) electrons. The Morgan fingerprint density at radius 1 is 0.815 bits per heavy atom. The van der Waals surface area contributed by atoms with Crippen LogP contribution < -0.4 is 0 Å². The second-order valence-corrected chi connectivity index (χ2v) is 7.11. The van der Waals surface area contributed by atoms with E-state index in [0.717, 1.165) is 13.1 Å². The number of aliphatic hydroxyl groups excluding tert-OH is 1. The van der Waals surface area contributed by atoms with E-state index < -0.39 is 6.10 Å². The van der Waals surface area contributed by atoms with Gasteiger partial charge in [-0.1, -0.05) is 73.7 Å². The van der Waals surface area contributed by atoms with E-state index in [1.54, 1.807) is 0 Å². The normalized spacial score (nSPS) is 12.9. The fourth-order valence-electron chi connectivity index (χ4n) is 3.91. The zero-order valence-electron chi connectivity index (χ0n) is 15.8. The average Bonchev–Trinajstić information content (AvgIpc) is 3.02. The van der Waals surface area contributed by atoms with Gasteiger partial charge in [-0.25, -0.2) is 0 Å². The number of aromatic nitrogens is 1. The average molecular weight is 358 g/mol. The Balaban J connectivity index is 1.56. The number of fused-ring (bicyclic) bond motifs is 3. The van der Waals surface area contributed by atoms with Crippen molar-refractivity contribution in [2.75, 3.05) is 13.1 Å². The number of rotatable bonds is 7. The maximum Gasteiger partial charge on any atom is 0.0846 e.